The second-order valence-corrected chi connectivity index (χ2v) is 6.06. The third-order valence-corrected chi connectivity index (χ3v) is 4.41. The zero-order valence-corrected chi connectivity index (χ0v) is 13.9. The lowest BCUT2D eigenvalue weighted by atomic mass is 9.89. The molecule has 2 atom stereocenters. The van der Waals surface area contributed by atoms with Crippen molar-refractivity contribution in [1.82, 2.24) is 10.3 Å². The Kier molecular flexibility index (Phi) is 5.58. The van der Waals surface area contributed by atoms with Crippen LogP contribution in [0.1, 0.15) is 36.9 Å². The van der Waals surface area contributed by atoms with Gasteiger partial charge in [-0.3, -0.25) is 4.98 Å². The predicted molar refractivity (Wildman–Crippen MR) is 88.2 cm³/mol. The van der Waals surface area contributed by atoms with E-state index in [-0.39, 0.29) is 6.04 Å². The molecule has 0 saturated carbocycles. The van der Waals surface area contributed by atoms with E-state index < -0.39 is 0 Å². The van der Waals surface area contributed by atoms with E-state index in [1.54, 1.807) is 0 Å². The zero-order valence-electron chi connectivity index (χ0n) is 11.6. The molecule has 0 fully saturated rings. The van der Waals surface area contributed by atoms with E-state index in [2.05, 4.69) is 52.2 Å². The molecule has 2 aromatic rings. The Morgan fingerprint density at radius 2 is 1.95 bits per heavy atom. The van der Waals surface area contributed by atoms with Gasteiger partial charge in [0.1, 0.15) is 0 Å². The van der Waals surface area contributed by atoms with Crippen LogP contribution in [0.2, 0.25) is 5.02 Å². The fourth-order valence-corrected chi connectivity index (χ4v) is 3.06. The fraction of sp³-hybridized carbons (Fsp3) is 0.312. The summed E-state index contributed by atoms with van der Waals surface area (Å²) in [5.41, 5.74) is 2.45. The van der Waals surface area contributed by atoms with E-state index >= 15 is 0 Å². The lowest BCUT2D eigenvalue weighted by Gasteiger charge is -2.26. The van der Waals surface area contributed by atoms with Gasteiger partial charge in [-0.15, -0.1) is 0 Å². The number of hydrogen-bond acceptors (Lipinski definition) is 2. The third kappa shape index (κ3) is 3.60. The van der Waals surface area contributed by atoms with Gasteiger partial charge in [0, 0.05) is 33.8 Å². The van der Waals surface area contributed by atoms with Crippen LogP contribution in [0.3, 0.4) is 0 Å². The first-order chi connectivity index (χ1) is 9.63. The molecule has 0 aliphatic heterocycles. The van der Waals surface area contributed by atoms with Gasteiger partial charge in [0.25, 0.3) is 0 Å². The van der Waals surface area contributed by atoms with Gasteiger partial charge < -0.3 is 5.32 Å². The molecule has 0 aliphatic rings. The largest absolute Gasteiger partial charge is 0.310 e. The van der Waals surface area contributed by atoms with Crippen LogP contribution in [0.15, 0.2) is 47.2 Å². The van der Waals surface area contributed by atoms with Crippen LogP contribution in [0.5, 0.6) is 0 Å². The summed E-state index contributed by atoms with van der Waals surface area (Å²) in [7, 11) is 0. The Hall–Kier alpha value is -0.900. The maximum atomic E-state index is 6.15. The van der Waals surface area contributed by atoms with Crippen LogP contribution in [-0.2, 0) is 0 Å². The molecule has 4 heteroatoms. The fourth-order valence-electron chi connectivity index (χ4n) is 2.39. The second kappa shape index (κ2) is 7.21. The van der Waals surface area contributed by atoms with Crippen LogP contribution < -0.4 is 5.32 Å². The first-order valence-electron chi connectivity index (χ1n) is 6.71. The normalized spacial score (nSPS) is 14.0. The highest BCUT2D eigenvalue weighted by atomic mass is 79.9. The molecule has 0 amide bonds. The number of rotatable bonds is 5. The molecule has 0 spiro atoms. The van der Waals surface area contributed by atoms with Crippen molar-refractivity contribution in [3.05, 3.63) is 63.3 Å². The number of pyridine rings is 1. The van der Waals surface area contributed by atoms with Crippen molar-refractivity contribution >= 4 is 27.5 Å². The van der Waals surface area contributed by atoms with E-state index in [9.17, 15) is 0 Å². The van der Waals surface area contributed by atoms with E-state index in [4.69, 9.17) is 11.6 Å². The van der Waals surface area contributed by atoms with Crippen molar-refractivity contribution < 1.29 is 0 Å². The van der Waals surface area contributed by atoms with E-state index in [0.29, 0.717) is 5.92 Å². The van der Waals surface area contributed by atoms with Crippen LogP contribution in [0.4, 0.5) is 0 Å². The van der Waals surface area contributed by atoms with Crippen molar-refractivity contribution in [1.29, 1.82) is 0 Å². The van der Waals surface area contributed by atoms with Gasteiger partial charge in [-0.05, 0) is 48.0 Å². The SMILES string of the molecule is CCNC(c1cc(Cl)ccc1Br)C(C)c1ccncc1. The Bertz CT molecular complexity index is 560. The van der Waals surface area contributed by atoms with Gasteiger partial charge in [0.05, 0.1) is 0 Å². The van der Waals surface area contributed by atoms with Gasteiger partial charge in [-0.2, -0.15) is 0 Å². The second-order valence-electron chi connectivity index (χ2n) is 4.77. The molecule has 20 heavy (non-hydrogen) atoms. The quantitative estimate of drug-likeness (QED) is 0.822. The molecule has 2 rings (SSSR count). The molecular formula is C16H18BrClN2. The van der Waals surface area contributed by atoms with Crippen molar-refractivity contribution in [3.63, 3.8) is 0 Å². The average Bonchev–Trinajstić information content (AvgIpc) is 2.48. The van der Waals surface area contributed by atoms with Crippen molar-refractivity contribution in [2.45, 2.75) is 25.8 Å². The van der Waals surface area contributed by atoms with Crippen LogP contribution >= 0.6 is 27.5 Å². The number of benzene rings is 1. The molecule has 1 heterocycles. The number of halogens is 2. The van der Waals surface area contributed by atoms with Crippen LogP contribution in [-0.4, -0.2) is 11.5 Å². The van der Waals surface area contributed by atoms with Crippen LogP contribution in [0, 0.1) is 0 Å². The Morgan fingerprint density at radius 3 is 2.60 bits per heavy atom. The van der Waals surface area contributed by atoms with Crippen LogP contribution in [0.25, 0.3) is 0 Å². The molecule has 1 N–H and O–H groups in total. The highest BCUT2D eigenvalue weighted by Gasteiger charge is 2.22. The van der Waals surface area contributed by atoms with Crippen molar-refractivity contribution in [2.75, 3.05) is 6.54 Å². The summed E-state index contributed by atoms with van der Waals surface area (Å²) in [5, 5.41) is 4.31. The average molecular weight is 354 g/mol. The lowest BCUT2D eigenvalue weighted by Crippen LogP contribution is -2.26. The predicted octanol–water partition coefficient (Wildman–Crippen LogP) is 4.95. The van der Waals surface area contributed by atoms with Crippen molar-refractivity contribution in [3.8, 4) is 0 Å². The highest BCUT2D eigenvalue weighted by Crippen LogP contribution is 2.35. The third-order valence-electron chi connectivity index (χ3n) is 3.45. The Balaban J connectivity index is 2.38. The zero-order chi connectivity index (χ0) is 14.5. The molecule has 2 nitrogen and oxygen atoms in total. The molecule has 1 aromatic heterocycles. The van der Waals surface area contributed by atoms with E-state index in [1.807, 2.05) is 30.6 Å². The van der Waals surface area contributed by atoms with E-state index in [0.717, 1.165) is 16.0 Å². The van der Waals surface area contributed by atoms with Gasteiger partial charge in [-0.25, -0.2) is 0 Å². The Labute approximate surface area is 133 Å². The minimum absolute atomic E-state index is 0.204. The summed E-state index contributed by atoms with van der Waals surface area (Å²) in [6.45, 7) is 5.24. The first-order valence-corrected chi connectivity index (χ1v) is 7.88. The lowest BCUT2D eigenvalue weighted by molar-refractivity contribution is 0.477. The monoisotopic (exact) mass is 352 g/mol. The van der Waals surface area contributed by atoms with Crippen molar-refractivity contribution in [2.24, 2.45) is 0 Å². The number of nitrogens with zero attached hydrogens (tertiary/aromatic N) is 1. The number of aromatic nitrogens is 1. The number of hydrogen-bond donors (Lipinski definition) is 1. The summed E-state index contributed by atoms with van der Waals surface area (Å²) in [6, 6.07) is 10.3. The molecule has 0 radical (unpaired) electrons. The summed E-state index contributed by atoms with van der Waals surface area (Å²) in [5.74, 6) is 0.327. The summed E-state index contributed by atoms with van der Waals surface area (Å²) >= 11 is 9.78. The molecule has 2 unspecified atom stereocenters. The minimum Gasteiger partial charge on any atom is -0.310 e. The van der Waals surface area contributed by atoms with Gasteiger partial charge >= 0.3 is 0 Å². The summed E-state index contributed by atoms with van der Waals surface area (Å²) in [6.07, 6.45) is 3.67. The molecule has 0 saturated heterocycles. The molecule has 1 aromatic carbocycles. The van der Waals surface area contributed by atoms with E-state index in [1.165, 1.54) is 11.1 Å². The Morgan fingerprint density at radius 1 is 1.25 bits per heavy atom. The highest BCUT2D eigenvalue weighted by molar-refractivity contribution is 9.10. The first kappa shape index (κ1) is 15.5. The topological polar surface area (TPSA) is 24.9 Å². The minimum atomic E-state index is 0.204. The van der Waals surface area contributed by atoms with Gasteiger partial charge in [-0.1, -0.05) is 41.4 Å². The smallest absolute Gasteiger partial charge is 0.0410 e. The summed E-state index contributed by atoms with van der Waals surface area (Å²) < 4.78 is 1.08. The number of likely N-dealkylation sites (N-methyl/N-ethyl adjacent to an activating group) is 1. The molecular weight excluding hydrogens is 336 g/mol. The standard InChI is InChI=1S/C16H18BrClN2/c1-3-20-16(11(2)12-6-8-19-9-7-12)14-10-13(18)4-5-15(14)17/h4-11,16,20H,3H2,1-2H3. The molecule has 0 bridgehead atoms. The maximum absolute atomic E-state index is 6.15. The summed E-state index contributed by atoms with van der Waals surface area (Å²) in [4.78, 5) is 4.09. The molecule has 106 valence electrons. The van der Waals surface area contributed by atoms with Gasteiger partial charge in [0.15, 0.2) is 0 Å². The molecule has 0 aliphatic carbocycles. The number of nitrogens with one attached hydrogen (secondary N) is 1. The maximum Gasteiger partial charge on any atom is 0.0410 e. The van der Waals surface area contributed by atoms with Gasteiger partial charge in [0.2, 0.25) is 0 Å².